The van der Waals surface area contributed by atoms with Crippen LogP contribution in [0.3, 0.4) is 0 Å². The molecule has 1 heterocycles. The Bertz CT molecular complexity index is 484. The summed E-state index contributed by atoms with van der Waals surface area (Å²) in [5.74, 6) is 0.317. The number of nitrogens with zero attached hydrogens (tertiary/aromatic N) is 2. The predicted octanol–water partition coefficient (Wildman–Crippen LogP) is 1.52. The van der Waals surface area contributed by atoms with Gasteiger partial charge in [0.25, 0.3) is 0 Å². The summed E-state index contributed by atoms with van der Waals surface area (Å²) in [5.41, 5.74) is 1.87. The summed E-state index contributed by atoms with van der Waals surface area (Å²) in [5, 5.41) is 11.6. The number of hydrogen-bond acceptors (Lipinski definition) is 3. The highest BCUT2D eigenvalue weighted by molar-refractivity contribution is 5.78. The minimum atomic E-state index is 0.158. The Kier molecular flexibility index (Phi) is 4.53. The SMILES string of the molecule is CNC(=O)C1CCN(Cc2cccc(C#N)c2)CC1. The molecule has 0 radical (unpaired) electrons. The lowest BCUT2D eigenvalue weighted by Gasteiger charge is -2.31. The first-order chi connectivity index (χ1) is 9.22. The topological polar surface area (TPSA) is 56.1 Å². The Morgan fingerprint density at radius 1 is 1.47 bits per heavy atom. The Morgan fingerprint density at radius 3 is 2.84 bits per heavy atom. The highest BCUT2D eigenvalue weighted by Gasteiger charge is 2.23. The van der Waals surface area contributed by atoms with Gasteiger partial charge in [-0.25, -0.2) is 0 Å². The molecule has 0 bridgehead atoms. The molecule has 0 unspecified atom stereocenters. The van der Waals surface area contributed by atoms with Crippen LogP contribution in [0.5, 0.6) is 0 Å². The van der Waals surface area contributed by atoms with Gasteiger partial charge in [-0.3, -0.25) is 9.69 Å². The molecule has 1 fully saturated rings. The van der Waals surface area contributed by atoms with Crippen molar-refractivity contribution in [3.63, 3.8) is 0 Å². The van der Waals surface area contributed by atoms with Crippen molar-refractivity contribution in [3.8, 4) is 6.07 Å². The maximum absolute atomic E-state index is 11.5. The zero-order chi connectivity index (χ0) is 13.7. The van der Waals surface area contributed by atoms with Crippen LogP contribution in [0.1, 0.15) is 24.0 Å². The van der Waals surface area contributed by atoms with E-state index in [0.29, 0.717) is 5.56 Å². The van der Waals surface area contributed by atoms with Crippen molar-refractivity contribution in [2.45, 2.75) is 19.4 Å². The second kappa shape index (κ2) is 6.35. The van der Waals surface area contributed by atoms with E-state index in [-0.39, 0.29) is 11.8 Å². The maximum Gasteiger partial charge on any atom is 0.222 e. The van der Waals surface area contributed by atoms with Gasteiger partial charge in [0.15, 0.2) is 0 Å². The van der Waals surface area contributed by atoms with Gasteiger partial charge >= 0.3 is 0 Å². The predicted molar refractivity (Wildman–Crippen MR) is 73.2 cm³/mol. The smallest absolute Gasteiger partial charge is 0.222 e. The Labute approximate surface area is 114 Å². The fraction of sp³-hybridized carbons (Fsp3) is 0.467. The second-order valence-corrected chi connectivity index (χ2v) is 4.98. The molecule has 0 aliphatic carbocycles. The van der Waals surface area contributed by atoms with Gasteiger partial charge in [-0.2, -0.15) is 5.26 Å². The van der Waals surface area contributed by atoms with Gasteiger partial charge < -0.3 is 5.32 Å². The number of rotatable bonds is 3. The van der Waals surface area contributed by atoms with Crippen LogP contribution in [0.2, 0.25) is 0 Å². The largest absolute Gasteiger partial charge is 0.359 e. The quantitative estimate of drug-likeness (QED) is 0.893. The monoisotopic (exact) mass is 257 g/mol. The number of carbonyl (C=O) groups is 1. The third-order valence-corrected chi connectivity index (χ3v) is 3.67. The van der Waals surface area contributed by atoms with E-state index in [4.69, 9.17) is 5.26 Å². The zero-order valence-electron chi connectivity index (χ0n) is 11.2. The number of likely N-dealkylation sites (tertiary alicyclic amines) is 1. The summed E-state index contributed by atoms with van der Waals surface area (Å²) >= 11 is 0. The molecule has 0 spiro atoms. The lowest BCUT2D eigenvalue weighted by atomic mass is 9.95. The molecule has 4 heteroatoms. The minimum Gasteiger partial charge on any atom is -0.359 e. The van der Waals surface area contributed by atoms with E-state index in [0.717, 1.165) is 38.0 Å². The second-order valence-electron chi connectivity index (χ2n) is 4.98. The molecule has 1 aliphatic heterocycles. The van der Waals surface area contributed by atoms with Crippen molar-refractivity contribution >= 4 is 5.91 Å². The third-order valence-electron chi connectivity index (χ3n) is 3.67. The van der Waals surface area contributed by atoms with Crippen LogP contribution in [0.4, 0.5) is 0 Å². The average Bonchev–Trinajstić information content (AvgIpc) is 2.47. The summed E-state index contributed by atoms with van der Waals surface area (Å²) in [6.07, 6.45) is 1.83. The molecular weight excluding hydrogens is 238 g/mol. The van der Waals surface area contributed by atoms with E-state index in [2.05, 4.69) is 16.3 Å². The van der Waals surface area contributed by atoms with E-state index in [1.165, 1.54) is 0 Å². The molecule has 2 rings (SSSR count). The molecule has 1 aromatic carbocycles. The van der Waals surface area contributed by atoms with Crippen LogP contribution in [-0.4, -0.2) is 30.9 Å². The van der Waals surface area contributed by atoms with Gasteiger partial charge in [-0.15, -0.1) is 0 Å². The molecule has 0 saturated carbocycles. The minimum absolute atomic E-state index is 0.158. The highest BCUT2D eigenvalue weighted by atomic mass is 16.1. The van der Waals surface area contributed by atoms with Crippen molar-refractivity contribution in [1.82, 2.24) is 10.2 Å². The van der Waals surface area contributed by atoms with Crippen LogP contribution in [0.15, 0.2) is 24.3 Å². The van der Waals surface area contributed by atoms with Gasteiger partial charge in [0.1, 0.15) is 0 Å². The lowest BCUT2D eigenvalue weighted by molar-refractivity contribution is -0.125. The summed E-state index contributed by atoms with van der Waals surface area (Å²) < 4.78 is 0. The average molecular weight is 257 g/mol. The number of nitrogens with one attached hydrogen (secondary N) is 1. The molecule has 1 amide bonds. The summed E-state index contributed by atoms with van der Waals surface area (Å²) in [7, 11) is 1.70. The fourth-order valence-corrected chi connectivity index (χ4v) is 2.55. The van der Waals surface area contributed by atoms with Crippen molar-refractivity contribution in [3.05, 3.63) is 35.4 Å². The molecule has 1 N–H and O–H groups in total. The summed E-state index contributed by atoms with van der Waals surface area (Å²) in [6.45, 7) is 2.74. The third kappa shape index (κ3) is 3.55. The van der Waals surface area contributed by atoms with E-state index < -0.39 is 0 Å². The van der Waals surface area contributed by atoms with Gasteiger partial charge in [0.05, 0.1) is 11.6 Å². The summed E-state index contributed by atoms with van der Waals surface area (Å²) in [4.78, 5) is 13.9. The van der Waals surface area contributed by atoms with Crippen molar-refractivity contribution in [2.24, 2.45) is 5.92 Å². The molecule has 4 nitrogen and oxygen atoms in total. The number of hydrogen-bond donors (Lipinski definition) is 1. The molecule has 100 valence electrons. The van der Waals surface area contributed by atoms with Crippen molar-refractivity contribution in [2.75, 3.05) is 20.1 Å². The first-order valence-electron chi connectivity index (χ1n) is 6.66. The molecular formula is C15H19N3O. The molecule has 0 aromatic heterocycles. The molecule has 1 saturated heterocycles. The Balaban J connectivity index is 1.89. The lowest BCUT2D eigenvalue weighted by Crippen LogP contribution is -2.39. The van der Waals surface area contributed by atoms with Crippen LogP contribution in [0, 0.1) is 17.2 Å². The number of benzene rings is 1. The highest BCUT2D eigenvalue weighted by Crippen LogP contribution is 2.19. The Morgan fingerprint density at radius 2 is 2.21 bits per heavy atom. The van der Waals surface area contributed by atoms with E-state index in [1.807, 2.05) is 24.3 Å². The fourth-order valence-electron chi connectivity index (χ4n) is 2.55. The Hall–Kier alpha value is -1.86. The van der Waals surface area contributed by atoms with E-state index >= 15 is 0 Å². The van der Waals surface area contributed by atoms with Crippen molar-refractivity contribution < 1.29 is 4.79 Å². The molecule has 19 heavy (non-hydrogen) atoms. The van der Waals surface area contributed by atoms with Crippen LogP contribution in [0.25, 0.3) is 0 Å². The normalized spacial score (nSPS) is 16.8. The molecule has 1 aliphatic rings. The maximum atomic E-state index is 11.5. The number of amides is 1. The van der Waals surface area contributed by atoms with Crippen LogP contribution < -0.4 is 5.32 Å². The number of piperidine rings is 1. The first-order valence-corrected chi connectivity index (χ1v) is 6.66. The van der Waals surface area contributed by atoms with E-state index in [9.17, 15) is 4.79 Å². The molecule has 1 aromatic rings. The summed E-state index contributed by atoms with van der Waals surface area (Å²) in [6, 6.07) is 9.89. The van der Waals surface area contributed by atoms with Gasteiger partial charge in [-0.1, -0.05) is 12.1 Å². The van der Waals surface area contributed by atoms with E-state index in [1.54, 1.807) is 7.05 Å². The standard InChI is InChI=1S/C15H19N3O/c1-17-15(19)14-5-7-18(8-6-14)11-13-4-2-3-12(9-13)10-16/h2-4,9,14H,5-8,11H2,1H3,(H,17,19). The number of carbonyl (C=O) groups excluding carboxylic acids is 1. The van der Waals surface area contributed by atoms with Crippen molar-refractivity contribution in [1.29, 1.82) is 5.26 Å². The first kappa shape index (κ1) is 13.6. The molecule has 0 atom stereocenters. The zero-order valence-corrected chi connectivity index (χ0v) is 11.2. The van der Waals surface area contributed by atoms with Crippen LogP contribution in [-0.2, 0) is 11.3 Å². The van der Waals surface area contributed by atoms with Gasteiger partial charge in [0.2, 0.25) is 5.91 Å². The van der Waals surface area contributed by atoms with Gasteiger partial charge in [-0.05, 0) is 43.6 Å². The van der Waals surface area contributed by atoms with Crippen LogP contribution >= 0.6 is 0 Å². The van der Waals surface area contributed by atoms with Gasteiger partial charge in [0, 0.05) is 19.5 Å². The number of nitriles is 1.